The summed E-state index contributed by atoms with van der Waals surface area (Å²) >= 11 is 1.88. The maximum absolute atomic E-state index is 2.29. The van der Waals surface area contributed by atoms with Gasteiger partial charge in [0, 0.05) is 9.79 Å². The summed E-state index contributed by atoms with van der Waals surface area (Å²) in [4.78, 5) is 5.05. The molecular formula is C15H15NS. The molecule has 0 atom stereocenters. The Bertz CT molecular complexity index is 503. The van der Waals surface area contributed by atoms with E-state index in [4.69, 9.17) is 0 Å². The Morgan fingerprint density at radius 1 is 0.824 bits per heavy atom. The van der Waals surface area contributed by atoms with E-state index in [0.29, 0.717) is 6.04 Å². The Morgan fingerprint density at radius 2 is 1.29 bits per heavy atom. The maximum Gasteiger partial charge on any atom is 0.0619 e. The van der Waals surface area contributed by atoms with Crippen LogP contribution in [0.15, 0.2) is 58.3 Å². The summed E-state index contributed by atoms with van der Waals surface area (Å²) in [6, 6.07) is 17.8. The van der Waals surface area contributed by atoms with Gasteiger partial charge in [-0.1, -0.05) is 48.2 Å². The lowest BCUT2D eigenvalue weighted by atomic mass is 9.97. The lowest BCUT2D eigenvalue weighted by molar-refractivity contribution is 0.334. The summed E-state index contributed by atoms with van der Waals surface area (Å²) in [5, 5.41) is 0. The highest BCUT2D eigenvalue weighted by molar-refractivity contribution is 7.99. The van der Waals surface area contributed by atoms with E-state index < -0.39 is 0 Å². The molecule has 2 heteroatoms. The fourth-order valence-corrected chi connectivity index (χ4v) is 3.57. The Balaban J connectivity index is 2.21. The topological polar surface area (TPSA) is 3.24 Å². The van der Waals surface area contributed by atoms with Crippen molar-refractivity contribution >= 4 is 11.8 Å². The van der Waals surface area contributed by atoms with E-state index in [1.807, 2.05) is 11.8 Å². The molecule has 0 amide bonds. The second-order valence-electron chi connectivity index (χ2n) is 4.54. The molecule has 2 aromatic carbocycles. The van der Waals surface area contributed by atoms with Gasteiger partial charge in [0.1, 0.15) is 0 Å². The maximum atomic E-state index is 2.29. The van der Waals surface area contributed by atoms with Gasteiger partial charge in [0.05, 0.1) is 6.04 Å². The second kappa shape index (κ2) is 4.21. The summed E-state index contributed by atoms with van der Waals surface area (Å²) in [5.41, 5.74) is 2.84. The SMILES string of the molecule is CN(C)C1c2ccccc2Sc2ccccc21. The molecule has 0 saturated heterocycles. The third-order valence-electron chi connectivity index (χ3n) is 3.16. The van der Waals surface area contributed by atoms with E-state index in [1.165, 1.54) is 20.9 Å². The van der Waals surface area contributed by atoms with Crippen LogP contribution in [0.3, 0.4) is 0 Å². The van der Waals surface area contributed by atoms with Gasteiger partial charge >= 0.3 is 0 Å². The summed E-state index contributed by atoms with van der Waals surface area (Å²) in [7, 11) is 4.29. The molecule has 0 saturated carbocycles. The molecule has 17 heavy (non-hydrogen) atoms. The zero-order valence-electron chi connectivity index (χ0n) is 10.1. The average molecular weight is 241 g/mol. The van der Waals surface area contributed by atoms with Crippen molar-refractivity contribution in [3.05, 3.63) is 59.7 Å². The lowest BCUT2D eigenvalue weighted by Crippen LogP contribution is -2.23. The second-order valence-corrected chi connectivity index (χ2v) is 5.63. The van der Waals surface area contributed by atoms with Crippen LogP contribution in [0.4, 0.5) is 0 Å². The van der Waals surface area contributed by atoms with E-state index in [0.717, 1.165) is 0 Å². The van der Waals surface area contributed by atoms with Gasteiger partial charge < -0.3 is 0 Å². The van der Waals surface area contributed by atoms with Gasteiger partial charge in [-0.15, -0.1) is 0 Å². The minimum atomic E-state index is 0.378. The molecule has 1 heterocycles. The van der Waals surface area contributed by atoms with Gasteiger partial charge in [0.15, 0.2) is 0 Å². The quantitative estimate of drug-likeness (QED) is 0.747. The number of hydrogen-bond donors (Lipinski definition) is 0. The van der Waals surface area contributed by atoms with Crippen molar-refractivity contribution in [3.63, 3.8) is 0 Å². The van der Waals surface area contributed by atoms with Crippen LogP contribution in [0, 0.1) is 0 Å². The van der Waals surface area contributed by atoms with Gasteiger partial charge in [-0.05, 0) is 37.4 Å². The third-order valence-corrected chi connectivity index (χ3v) is 4.35. The van der Waals surface area contributed by atoms with Crippen molar-refractivity contribution in [3.8, 4) is 0 Å². The molecule has 0 unspecified atom stereocenters. The molecule has 1 aliphatic heterocycles. The highest BCUT2D eigenvalue weighted by Gasteiger charge is 2.26. The molecule has 86 valence electrons. The van der Waals surface area contributed by atoms with E-state index in [-0.39, 0.29) is 0 Å². The Morgan fingerprint density at radius 3 is 1.76 bits per heavy atom. The average Bonchev–Trinajstić information content (AvgIpc) is 2.35. The summed E-state index contributed by atoms with van der Waals surface area (Å²) in [5.74, 6) is 0. The van der Waals surface area contributed by atoms with Crippen LogP contribution >= 0.6 is 11.8 Å². The van der Waals surface area contributed by atoms with Crippen molar-refractivity contribution < 1.29 is 0 Å². The largest absolute Gasteiger partial charge is 0.298 e. The predicted octanol–water partition coefficient (Wildman–Crippen LogP) is 3.80. The highest BCUT2D eigenvalue weighted by atomic mass is 32.2. The lowest BCUT2D eigenvalue weighted by Gasteiger charge is -2.32. The van der Waals surface area contributed by atoms with Crippen molar-refractivity contribution in [1.82, 2.24) is 4.90 Å². The minimum absolute atomic E-state index is 0.378. The molecular weight excluding hydrogens is 226 g/mol. The van der Waals surface area contributed by atoms with E-state index in [2.05, 4.69) is 67.5 Å². The van der Waals surface area contributed by atoms with Gasteiger partial charge in [-0.2, -0.15) is 0 Å². The standard InChI is InChI=1S/C15H15NS/c1-16(2)15-11-7-3-5-9-13(11)17-14-10-6-4-8-12(14)15/h3-10,15H,1-2H3. The molecule has 0 N–H and O–H groups in total. The predicted molar refractivity (Wildman–Crippen MR) is 72.5 cm³/mol. The van der Waals surface area contributed by atoms with Gasteiger partial charge in [0.2, 0.25) is 0 Å². The fourth-order valence-electron chi connectivity index (χ4n) is 2.44. The van der Waals surface area contributed by atoms with Gasteiger partial charge in [-0.3, -0.25) is 4.90 Å². The van der Waals surface area contributed by atoms with Gasteiger partial charge in [-0.25, -0.2) is 0 Å². The van der Waals surface area contributed by atoms with E-state index >= 15 is 0 Å². The zero-order valence-corrected chi connectivity index (χ0v) is 10.9. The van der Waals surface area contributed by atoms with E-state index in [9.17, 15) is 0 Å². The fraction of sp³-hybridized carbons (Fsp3) is 0.200. The molecule has 0 fully saturated rings. The van der Waals surface area contributed by atoms with Crippen molar-refractivity contribution in [2.24, 2.45) is 0 Å². The van der Waals surface area contributed by atoms with Crippen LogP contribution < -0.4 is 0 Å². The normalized spacial score (nSPS) is 14.5. The molecule has 1 nitrogen and oxygen atoms in total. The molecule has 0 bridgehead atoms. The first-order valence-corrected chi connectivity index (χ1v) is 6.61. The highest BCUT2D eigenvalue weighted by Crippen LogP contribution is 2.46. The first kappa shape index (κ1) is 10.9. The summed E-state index contributed by atoms with van der Waals surface area (Å²) in [6.07, 6.45) is 0. The van der Waals surface area contributed by atoms with Crippen LogP contribution in [0.5, 0.6) is 0 Å². The van der Waals surface area contributed by atoms with Crippen molar-refractivity contribution in [1.29, 1.82) is 0 Å². The Hall–Kier alpha value is -1.25. The zero-order chi connectivity index (χ0) is 11.8. The molecule has 0 aliphatic carbocycles. The van der Waals surface area contributed by atoms with Crippen molar-refractivity contribution in [2.45, 2.75) is 15.8 Å². The smallest absolute Gasteiger partial charge is 0.0619 e. The number of fused-ring (bicyclic) bond motifs is 2. The summed E-state index contributed by atoms with van der Waals surface area (Å²) in [6.45, 7) is 0. The van der Waals surface area contributed by atoms with Gasteiger partial charge in [0.25, 0.3) is 0 Å². The number of hydrogen-bond acceptors (Lipinski definition) is 2. The Kier molecular flexibility index (Phi) is 2.69. The third kappa shape index (κ3) is 1.78. The molecule has 0 aromatic heterocycles. The van der Waals surface area contributed by atoms with Crippen LogP contribution in [-0.4, -0.2) is 19.0 Å². The number of benzene rings is 2. The van der Waals surface area contributed by atoms with Crippen molar-refractivity contribution in [2.75, 3.05) is 14.1 Å². The molecule has 1 aliphatic rings. The van der Waals surface area contributed by atoms with Crippen LogP contribution in [0.1, 0.15) is 17.2 Å². The van der Waals surface area contributed by atoms with Crippen LogP contribution in [-0.2, 0) is 0 Å². The molecule has 0 spiro atoms. The summed E-state index contributed by atoms with van der Waals surface area (Å²) < 4.78 is 0. The first-order chi connectivity index (χ1) is 8.27. The number of rotatable bonds is 1. The van der Waals surface area contributed by atoms with E-state index in [1.54, 1.807) is 0 Å². The van der Waals surface area contributed by atoms with Crippen LogP contribution in [0.25, 0.3) is 0 Å². The Labute approximate surface area is 106 Å². The molecule has 0 radical (unpaired) electrons. The minimum Gasteiger partial charge on any atom is -0.298 e. The molecule has 2 aromatic rings. The monoisotopic (exact) mass is 241 g/mol. The first-order valence-electron chi connectivity index (χ1n) is 5.79. The molecule has 3 rings (SSSR count). The number of nitrogens with zero attached hydrogens (tertiary/aromatic N) is 1. The van der Waals surface area contributed by atoms with Crippen LogP contribution in [0.2, 0.25) is 0 Å².